The van der Waals surface area contributed by atoms with Crippen LogP contribution in [0.4, 0.5) is 4.39 Å². The molecule has 0 heterocycles. The zero-order valence-electron chi connectivity index (χ0n) is 10.8. The summed E-state index contributed by atoms with van der Waals surface area (Å²) in [4.78, 5) is 11.0. The van der Waals surface area contributed by atoms with Crippen LogP contribution in [0.2, 0.25) is 0 Å². The minimum Gasteiger partial charge on any atom is -0.394 e. The third-order valence-electron chi connectivity index (χ3n) is 2.70. The highest BCUT2D eigenvalue weighted by Gasteiger charge is 2.22. The molecule has 0 spiro atoms. The van der Waals surface area contributed by atoms with Crippen LogP contribution < -0.4 is 5.32 Å². The van der Waals surface area contributed by atoms with Crippen molar-refractivity contribution in [2.75, 3.05) is 19.5 Å². The summed E-state index contributed by atoms with van der Waals surface area (Å²) in [6, 6.07) is 4.28. The molecule has 0 aliphatic carbocycles. The molecule has 1 amide bonds. The maximum atomic E-state index is 12.1. The molecule has 6 nitrogen and oxygen atoms in total. The molecule has 1 aromatic rings. The van der Waals surface area contributed by atoms with E-state index in [1.54, 1.807) is 0 Å². The third kappa shape index (κ3) is 4.26. The van der Waals surface area contributed by atoms with Crippen LogP contribution in [0.1, 0.15) is 11.7 Å². The number of carbonyl (C=O) groups is 1. The van der Waals surface area contributed by atoms with Crippen LogP contribution in [0.15, 0.2) is 29.2 Å². The average Bonchev–Trinajstić information content (AvgIpc) is 2.42. The van der Waals surface area contributed by atoms with Crippen molar-refractivity contribution in [3.63, 3.8) is 0 Å². The summed E-state index contributed by atoms with van der Waals surface area (Å²) < 4.78 is 34.7. The highest BCUT2D eigenvalue weighted by Crippen LogP contribution is 2.19. The van der Waals surface area contributed by atoms with E-state index in [1.165, 1.54) is 24.3 Å². The van der Waals surface area contributed by atoms with Crippen LogP contribution in [0.25, 0.3) is 0 Å². The van der Waals surface area contributed by atoms with Gasteiger partial charge in [0.2, 0.25) is 0 Å². The van der Waals surface area contributed by atoms with Crippen LogP contribution in [0.5, 0.6) is 0 Å². The van der Waals surface area contributed by atoms with E-state index in [2.05, 4.69) is 5.32 Å². The SMILES string of the molecule is CS(=O)(=O)c1ccc([C@@H](O)[C@@H](CO)NC(=O)CF)cc1. The molecule has 8 heteroatoms. The van der Waals surface area contributed by atoms with Gasteiger partial charge in [-0.1, -0.05) is 12.1 Å². The van der Waals surface area contributed by atoms with Crippen LogP contribution in [0, 0.1) is 0 Å². The van der Waals surface area contributed by atoms with Crippen molar-refractivity contribution in [3.05, 3.63) is 29.8 Å². The lowest BCUT2D eigenvalue weighted by Gasteiger charge is -2.22. The minimum absolute atomic E-state index is 0.0850. The van der Waals surface area contributed by atoms with E-state index in [4.69, 9.17) is 5.11 Å². The molecule has 1 rings (SSSR count). The number of sulfone groups is 1. The zero-order valence-corrected chi connectivity index (χ0v) is 11.6. The third-order valence-corrected chi connectivity index (χ3v) is 3.82. The van der Waals surface area contributed by atoms with Crippen molar-refractivity contribution in [2.45, 2.75) is 17.0 Å². The van der Waals surface area contributed by atoms with Gasteiger partial charge in [0.05, 0.1) is 17.5 Å². The molecular weight excluding hydrogens is 289 g/mol. The number of hydrogen-bond acceptors (Lipinski definition) is 5. The van der Waals surface area contributed by atoms with E-state index in [0.29, 0.717) is 5.56 Å². The van der Waals surface area contributed by atoms with E-state index < -0.39 is 41.2 Å². The number of aliphatic hydroxyl groups excluding tert-OH is 2. The van der Waals surface area contributed by atoms with Crippen molar-refractivity contribution in [3.8, 4) is 0 Å². The molecule has 3 N–H and O–H groups in total. The monoisotopic (exact) mass is 305 g/mol. The van der Waals surface area contributed by atoms with E-state index in [0.717, 1.165) is 6.26 Å². The number of carbonyl (C=O) groups excluding carboxylic acids is 1. The Balaban J connectivity index is 2.90. The molecule has 0 bridgehead atoms. The van der Waals surface area contributed by atoms with E-state index in [1.807, 2.05) is 0 Å². The summed E-state index contributed by atoms with van der Waals surface area (Å²) in [5, 5.41) is 21.2. The van der Waals surface area contributed by atoms with Crippen LogP contribution >= 0.6 is 0 Å². The fraction of sp³-hybridized carbons (Fsp3) is 0.417. The first-order valence-corrected chi connectivity index (χ1v) is 7.63. The van der Waals surface area contributed by atoms with E-state index in [-0.39, 0.29) is 4.90 Å². The largest absolute Gasteiger partial charge is 0.394 e. The van der Waals surface area contributed by atoms with Crippen LogP contribution in [-0.2, 0) is 14.6 Å². The molecule has 0 unspecified atom stereocenters. The van der Waals surface area contributed by atoms with E-state index >= 15 is 0 Å². The Bertz CT molecular complexity index is 558. The molecule has 0 fully saturated rings. The van der Waals surface area contributed by atoms with Crippen LogP contribution in [-0.4, -0.2) is 50.1 Å². The number of nitrogens with one attached hydrogen (secondary N) is 1. The predicted octanol–water partition coefficient (Wildman–Crippen LogP) is -0.430. The number of benzene rings is 1. The van der Waals surface area contributed by atoms with Crippen LogP contribution in [0.3, 0.4) is 0 Å². The van der Waals surface area contributed by atoms with Crippen molar-refractivity contribution < 1.29 is 27.8 Å². The Morgan fingerprint density at radius 1 is 1.35 bits per heavy atom. The highest BCUT2D eigenvalue weighted by atomic mass is 32.2. The van der Waals surface area contributed by atoms with Gasteiger partial charge >= 0.3 is 0 Å². The van der Waals surface area contributed by atoms with E-state index in [9.17, 15) is 22.7 Å². The summed E-state index contributed by atoms with van der Waals surface area (Å²) >= 11 is 0. The summed E-state index contributed by atoms with van der Waals surface area (Å²) in [5.41, 5.74) is 0.301. The molecule has 0 aliphatic heterocycles. The van der Waals surface area contributed by atoms with Gasteiger partial charge in [-0.15, -0.1) is 0 Å². The van der Waals surface area contributed by atoms with Gasteiger partial charge in [-0.3, -0.25) is 4.79 Å². The number of halogens is 1. The molecular formula is C12H16FNO5S. The molecule has 0 radical (unpaired) electrons. The molecule has 112 valence electrons. The summed E-state index contributed by atoms with van der Waals surface area (Å²) in [5.74, 6) is -0.948. The fourth-order valence-electron chi connectivity index (χ4n) is 1.61. The maximum absolute atomic E-state index is 12.1. The Morgan fingerprint density at radius 2 is 1.90 bits per heavy atom. The first-order chi connectivity index (χ1) is 9.29. The molecule has 2 atom stereocenters. The standard InChI is InChI=1S/C12H16FNO5S/c1-20(18,19)9-4-2-8(3-5-9)12(17)10(7-15)14-11(16)6-13/h2-5,10,12,15,17H,6-7H2,1H3,(H,14,16)/t10-,12-/m1/s1. The Labute approximate surface area is 116 Å². The number of rotatable bonds is 6. The van der Waals surface area contributed by atoms with Gasteiger partial charge in [-0.25, -0.2) is 12.8 Å². The Morgan fingerprint density at radius 3 is 2.30 bits per heavy atom. The topological polar surface area (TPSA) is 104 Å². The molecule has 0 aromatic heterocycles. The summed E-state index contributed by atoms with van der Waals surface area (Å²) in [7, 11) is -3.34. The van der Waals surface area contributed by atoms with Gasteiger partial charge in [0, 0.05) is 6.26 Å². The van der Waals surface area contributed by atoms with Crippen molar-refractivity contribution >= 4 is 15.7 Å². The Hall–Kier alpha value is -1.51. The number of aliphatic hydroxyl groups is 2. The molecule has 0 saturated carbocycles. The fourth-order valence-corrected chi connectivity index (χ4v) is 2.24. The quantitative estimate of drug-likeness (QED) is 0.661. The highest BCUT2D eigenvalue weighted by molar-refractivity contribution is 7.90. The van der Waals surface area contributed by atoms with Gasteiger partial charge in [0.25, 0.3) is 5.91 Å². The Kier molecular flexibility index (Phi) is 5.61. The molecule has 1 aromatic carbocycles. The normalized spacial score (nSPS) is 14.6. The maximum Gasteiger partial charge on any atom is 0.251 e. The van der Waals surface area contributed by atoms with Gasteiger partial charge in [-0.2, -0.15) is 0 Å². The number of amides is 1. The lowest BCUT2D eigenvalue weighted by atomic mass is 10.0. The summed E-state index contributed by atoms with van der Waals surface area (Å²) in [6.45, 7) is -1.84. The molecule has 0 aliphatic rings. The van der Waals surface area contributed by atoms with Gasteiger partial charge in [-0.05, 0) is 17.7 Å². The predicted molar refractivity (Wildman–Crippen MR) is 69.5 cm³/mol. The number of alkyl halides is 1. The lowest BCUT2D eigenvalue weighted by Crippen LogP contribution is -2.42. The van der Waals surface area contributed by atoms with Crippen molar-refractivity contribution in [1.82, 2.24) is 5.32 Å². The summed E-state index contributed by atoms with van der Waals surface area (Å²) in [6.07, 6.45) is -0.222. The second-order valence-corrected chi connectivity index (χ2v) is 6.29. The zero-order chi connectivity index (χ0) is 15.3. The molecule has 0 saturated heterocycles. The van der Waals surface area contributed by atoms with Crippen molar-refractivity contribution in [1.29, 1.82) is 0 Å². The first kappa shape index (κ1) is 16.5. The van der Waals surface area contributed by atoms with Gasteiger partial charge in [0.1, 0.15) is 6.10 Å². The second kappa shape index (κ2) is 6.78. The lowest BCUT2D eigenvalue weighted by molar-refractivity contribution is -0.124. The first-order valence-electron chi connectivity index (χ1n) is 5.74. The minimum atomic E-state index is -3.34. The van der Waals surface area contributed by atoms with Crippen molar-refractivity contribution in [2.24, 2.45) is 0 Å². The molecule has 20 heavy (non-hydrogen) atoms. The smallest absolute Gasteiger partial charge is 0.251 e. The van der Waals surface area contributed by atoms with Gasteiger partial charge in [0.15, 0.2) is 16.5 Å². The second-order valence-electron chi connectivity index (χ2n) is 4.28. The van der Waals surface area contributed by atoms with Gasteiger partial charge < -0.3 is 15.5 Å². The average molecular weight is 305 g/mol. The number of hydrogen-bond donors (Lipinski definition) is 3.